The van der Waals surface area contributed by atoms with Crippen LogP contribution in [-0.4, -0.2) is 16.8 Å². The summed E-state index contributed by atoms with van der Waals surface area (Å²) in [5.41, 5.74) is 14.3. The van der Waals surface area contributed by atoms with Crippen molar-refractivity contribution in [3.8, 4) is 0 Å². The number of nitrogens with two attached hydrogens (primary N) is 2. The van der Waals surface area contributed by atoms with E-state index >= 15 is 0 Å². The Balaban J connectivity index is 2.03. The average Bonchev–Trinajstić information content (AvgIpc) is 2.84. The number of aryl methyl sites for hydroxylation is 2. The summed E-state index contributed by atoms with van der Waals surface area (Å²) >= 11 is 1.23. The maximum Gasteiger partial charge on any atom is 0.267 e. The number of aromatic nitrogens is 1. The average molecular weight is 340 g/mol. The molecule has 0 aliphatic carbocycles. The number of amides is 2. The summed E-state index contributed by atoms with van der Waals surface area (Å²) < 4.78 is 0. The highest BCUT2D eigenvalue weighted by molar-refractivity contribution is 7.21. The maximum absolute atomic E-state index is 12.6. The van der Waals surface area contributed by atoms with Gasteiger partial charge in [-0.05, 0) is 37.6 Å². The van der Waals surface area contributed by atoms with Crippen LogP contribution >= 0.6 is 11.3 Å². The first-order valence-electron chi connectivity index (χ1n) is 7.25. The van der Waals surface area contributed by atoms with Crippen molar-refractivity contribution in [2.75, 3.05) is 11.1 Å². The predicted molar refractivity (Wildman–Crippen MR) is 96.4 cm³/mol. The number of nitrogens with zero attached hydrogens (tertiary/aromatic N) is 1. The van der Waals surface area contributed by atoms with E-state index in [-0.39, 0.29) is 11.5 Å². The van der Waals surface area contributed by atoms with Crippen LogP contribution in [0.1, 0.15) is 31.3 Å². The molecule has 0 atom stereocenters. The Hall–Kier alpha value is -2.93. The third-order valence-corrected chi connectivity index (χ3v) is 4.77. The molecule has 3 rings (SSSR count). The van der Waals surface area contributed by atoms with E-state index in [4.69, 9.17) is 11.5 Å². The lowest BCUT2D eigenvalue weighted by Crippen LogP contribution is -2.18. The van der Waals surface area contributed by atoms with Gasteiger partial charge in [0.1, 0.15) is 9.71 Å². The third kappa shape index (κ3) is 2.69. The first-order valence-corrected chi connectivity index (χ1v) is 8.06. The normalized spacial score (nSPS) is 10.8. The van der Waals surface area contributed by atoms with Gasteiger partial charge in [-0.2, -0.15) is 0 Å². The van der Waals surface area contributed by atoms with Crippen molar-refractivity contribution in [3.05, 3.63) is 52.0 Å². The van der Waals surface area contributed by atoms with Crippen LogP contribution in [0.25, 0.3) is 10.2 Å². The van der Waals surface area contributed by atoms with Crippen LogP contribution in [0, 0.1) is 13.8 Å². The Bertz CT molecular complexity index is 978. The molecule has 2 heterocycles. The number of fused-ring (bicyclic) bond motifs is 1. The molecule has 0 saturated heterocycles. The van der Waals surface area contributed by atoms with Crippen LogP contribution in [0.4, 0.5) is 11.4 Å². The van der Waals surface area contributed by atoms with Crippen LogP contribution in [0.2, 0.25) is 0 Å². The molecule has 1 aromatic carbocycles. The van der Waals surface area contributed by atoms with Gasteiger partial charge in [0.25, 0.3) is 11.8 Å². The minimum Gasteiger partial charge on any atom is -0.397 e. The molecule has 5 N–H and O–H groups in total. The lowest BCUT2D eigenvalue weighted by atomic mass is 10.1. The van der Waals surface area contributed by atoms with E-state index in [1.807, 2.05) is 19.9 Å². The Kier molecular flexibility index (Phi) is 3.94. The first-order chi connectivity index (χ1) is 11.4. The van der Waals surface area contributed by atoms with E-state index in [1.54, 1.807) is 24.3 Å². The molecule has 0 saturated carbocycles. The molecule has 0 spiro atoms. The minimum atomic E-state index is -0.608. The molecule has 2 amide bonds. The van der Waals surface area contributed by atoms with E-state index in [2.05, 4.69) is 10.3 Å². The molecule has 7 heteroatoms. The second kappa shape index (κ2) is 5.93. The van der Waals surface area contributed by atoms with Crippen molar-refractivity contribution in [2.24, 2.45) is 5.73 Å². The van der Waals surface area contributed by atoms with E-state index in [9.17, 15) is 9.59 Å². The highest BCUT2D eigenvalue weighted by atomic mass is 32.1. The topological polar surface area (TPSA) is 111 Å². The molecule has 0 bridgehead atoms. The monoisotopic (exact) mass is 340 g/mol. The molecule has 24 heavy (non-hydrogen) atoms. The van der Waals surface area contributed by atoms with Gasteiger partial charge in [-0.25, -0.2) is 4.98 Å². The number of carbonyl (C=O) groups excluding carboxylic acids is 2. The molecule has 0 aliphatic heterocycles. The zero-order chi connectivity index (χ0) is 17.4. The van der Waals surface area contributed by atoms with Crippen LogP contribution in [0.3, 0.4) is 0 Å². The molecule has 0 radical (unpaired) electrons. The van der Waals surface area contributed by atoms with Gasteiger partial charge in [-0.15, -0.1) is 11.3 Å². The number of rotatable bonds is 3. The summed E-state index contributed by atoms with van der Waals surface area (Å²) in [6, 6.07) is 8.50. The van der Waals surface area contributed by atoms with E-state index in [0.29, 0.717) is 16.3 Å². The zero-order valence-corrected chi connectivity index (χ0v) is 14.0. The predicted octanol–water partition coefficient (Wildman–Crippen LogP) is 2.85. The molecule has 6 nitrogen and oxygen atoms in total. The molecule has 0 fully saturated rings. The summed E-state index contributed by atoms with van der Waals surface area (Å²) in [6.45, 7) is 3.83. The molecular formula is C17H16N4O2S. The van der Waals surface area contributed by atoms with Gasteiger partial charge in [-0.1, -0.05) is 12.1 Å². The summed E-state index contributed by atoms with van der Waals surface area (Å²) in [6.07, 6.45) is 0. The summed E-state index contributed by atoms with van der Waals surface area (Å²) in [5, 5.41) is 3.50. The second-order valence-electron chi connectivity index (χ2n) is 5.47. The number of hydrogen-bond donors (Lipinski definition) is 3. The van der Waals surface area contributed by atoms with Gasteiger partial charge in [0.05, 0.1) is 16.9 Å². The van der Waals surface area contributed by atoms with Crippen molar-refractivity contribution >= 4 is 44.7 Å². The Morgan fingerprint density at radius 3 is 2.62 bits per heavy atom. The summed E-state index contributed by atoms with van der Waals surface area (Å²) in [4.78, 5) is 29.6. The number of pyridine rings is 1. The fourth-order valence-corrected chi connectivity index (χ4v) is 3.74. The number of benzene rings is 1. The number of primary amides is 1. The zero-order valence-electron chi connectivity index (χ0n) is 13.2. The molecule has 0 aliphatic rings. The number of nitrogen functional groups attached to an aromatic ring is 1. The van der Waals surface area contributed by atoms with Crippen molar-refractivity contribution in [1.82, 2.24) is 4.98 Å². The fourth-order valence-electron chi connectivity index (χ4n) is 2.62. The summed E-state index contributed by atoms with van der Waals surface area (Å²) in [5.74, 6) is -0.996. The molecule has 2 aromatic heterocycles. The number of anilines is 2. The number of hydrogen-bond acceptors (Lipinski definition) is 5. The van der Waals surface area contributed by atoms with Gasteiger partial charge in [0, 0.05) is 11.1 Å². The Labute approximate surface area is 142 Å². The third-order valence-electron chi connectivity index (χ3n) is 3.67. The van der Waals surface area contributed by atoms with Gasteiger partial charge < -0.3 is 16.8 Å². The van der Waals surface area contributed by atoms with E-state index < -0.39 is 5.91 Å². The van der Waals surface area contributed by atoms with Gasteiger partial charge >= 0.3 is 0 Å². The standard InChI is InChI=1S/C17H16N4O2S/c1-8-7-9(2)20-17-12(8)13(18)14(24-17)16(23)21-11-6-4-3-5-10(11)15(19)22/h3-7H,18H2,1-2H3,(H2,19,22)(H,21,23). The minimum absolute atomic E-state index is 0.246. The van der Waals surface area contributed by atoms with Crippen molar-refractivity contribution in [2.45, 2.75) is 13.8 Å². The van der Waals surface area contributed by atoms with Crippen LogP contribution in [0.5, 0.6) is 0 Å². The SMILES string of the molecule is Cc1cc(C)c2c(N)c(C(=O)Nc3ccccc3C(N)=O)sc2n1. The molecule has 122 valence electrons. The molecule has 0 unspecified atom stereocenters. The summed E-state index contributed by atoms with van der Waals surface area (Å²) in [7, 11) is 0. The largest absolute Gasteiger partial charge is 0.397 e. The van der Waals surface area contributed by atoms with Crippen LogP contribution < -0.4 is 16.8 Å². The van der Waals surface area contributed by atoms with Crippen LogP contribution in [0.15, 0.2) is 30.3 Å². The lowest BCUT2D eigenvalue weighted by Gasteiger charge is -2.08. The Morgan fingerprint density at radius 1 is 1.21 bits per heavy atom. The van der Waals surface area contributed by atoms with E-state index in [1.165, 1.54) is 11.3 Å². The lowest BCUT2D eigenvalue weighted by molar-refractivity contribution is 0.100. The fraction of sp³-hybridized carbons (Fsp3) is 0.118. The molecular weight excluding hydrogens is 324 g/mol. The number of thiophene rings is 1. The highest BCUT2D eigenvalue weighted by Crippen LogP contribution is 2.35. The smallest absolute Gasteiger partial charge is 0.267 e. The maximum atomic E-state index is 12.6. The number of para-hydroxylation sites is 1. The highest BCUT2D eigenvalue weighted by Gasteiger charge is 2.20. The number of nitrogens with one attached hydrogen (secondary N) is 1. The van der Waals surface area contributed by atoms with E-state index in [0.717, 1.165) is 21.5 Å². The van der Waals surface area contributed by atoms with Crippen LogP contribution in [-0.2, 0) is 0 Å². The number of carbonyl (C=O) groups is 2. The quantitative estimate of drug-likeness (QED) is 0.680. The Morgan fingerprint density at radius 2 is 1.92 bits per heavy atom. The van der Waals surface area contributed by atoms with Crippen molar-refractivity contribution in [1.29, 1.82) is 0 Å². The van der Waals surface area contributed by atoms with Crippen molar-refractivity contribution in [3.63, 3.8) is 0 Å². The van der Waals surface area contributed by atoms with Gasteiger partial charge in [0.2, 0.25) is 0 Å². The van der Waals surface area contributed by atoms with Crippen molar-refractivity contribution < 1.29 is 9.59 Å². The van der Waals surface area contributed by atoms with Gasteiger partial charge in [0.15, 0.2) is 0 Å². The first kappa shape index (κ1) is 15.9. The molecule has 3 aromatic rings. The van der Waals surface area contributed by atoms with Gasteiger partial charge in [-0.3, -0.25) is 9.59 Å². The second-order valence-corrected chi connectivity index (χ2v) is 6.47.